The summed E-state index contributed by atoms with van der Waals surface area (Å²) in [7, 11) is 1.64. The summed E-state index contributed by atoms with van der Waals surface area (Å²) in [5.74, 6) is 1.65. The summed E-state index contributed by atoms with van der Waals surface area (Å²) < 4.78 is 5.33. The van der Waals surface area contributed by atoms with Gasteiger partial charge in [-0.05, 0) is 53.2 Å². The van der Waals surface area contributed by atoms with Crippen LogP contribution in [0.4, 0.5) is 5.69 Å². The summed E-state index contributed by atoms with van der Waals surface area (Å²) in [6.07, 6.45) is 6.94. The molecule has 2 aromatic carbocycles. The highest BCUT2D eigenvalue weighted by atomic mass is 32.2. The van der Waals surface area contributed by atoms with Crippen LogP contribution < -0.4 is 9.84 Å². The van der Waals surface area contributed by atoms with Crippen LogP contribution in [0.25, 0.3) is 6.08 Å². The van der Waals surface area contributed by atoms with E-state index in [1.165, 1.54) is 28.8 Å². The lowest BCUT2D eigenvalue weighted by Crippen LogP contribution is -2.23. The molecule has 2 aromatic rings. The number of carbonyl (C=O) groups excluding carboxylic acids is 2. The molecule has 1 fully saturated rings. The standard InChI is InChI=1S/C21H16N2O4S/c1-3-12-27-17-10-4-14(5-11-17)13-18-19(24)23(2)21(28-18)22-16-8-6-15(7-9-16)20(25)26/h1,4-11,13H,12H2,2H3,(H,25,26)/p-1/b18-13-,22-21?. The van der Waals surface area contributed by atoms with Crippen LogP contribution in [0.1, 0.15) is 15.9 Å². The summed E-state index contributed by atoms with van der Waals surface area (Å²) >= 11 is 1.25. The van der Waals surface area contributed by atoms with Gasteiger partial charge in [0.1, 0.15) is 12.4 Å². The van der Waals surface area contributed by atoms with Crippen LogP contribution in [0.15, 0.2) is 58.4 Å². The van der Waals surface area contributed by atoms with Gasteiger partial charge in [0.25, 0.3) is 5.91 Å². The van der Waals surface area contributed by atoms with E-state index in [1.54, 1.807) is 37.4 Å². The van der Waals surface area contributed by atoms with Crippen LogP contribution in [-0.4, -0.2) is 35.6 Å². The van der Waals surface area contributed by atoms with E-state index >= 15 is 0 Å². The number of amides is 1. The van der Waals surface area contributed by atoms with E-state index in [0.717, 1.165) is 5.56 Å². The smallest absolute Gasteiger partial charge is 0.266 e. The molecule has 0 N–H and O–H groups in total. The number of aromatic carboxylic acids is 1. The normalized spacial score (nSPS) is 16.4. The Balaban J connectivity index is 1.78. The van der Waals surface area contributed by atoms with Gasteiger partial charge in [0.05, 0.1) is 16.6 Å². The maximum Gasteiger partial charge on any atom is 0.266 e. The number of carboxylic acid groups (broad SMARTS) is 1. The third-order valence-corrected chi connectivity index (χ3v) is 4.89. The lowest BCUT2D eigenvalue weighted by molar-refractivity contribution is -0.255. The second kappa shape index (κ2) is 8.46. The molecule has 1 heterocycles. The molecule has 1 saturated heterocycles. The largest absolute Gasteiger partial charge is 0.545 e. The van der Waals surface area contributed by atoms with Gasteiger partial charge < -0.3 is 14.6 Å². The van der Waals surface area contributed by atoms with Crippen molar-refractivity contribution >= 4 is 40.6 Å². The number of terminal acetylenes is 1. The second-order valence-electron chi connectivity index (χ2n) is 5.77. The van der Waals surface area contributed by atoms with E-state index in [9.17, 15) is 14.7 Å². The zero-order chi connectivity index (χ0) is 20.1. The van der Waals surface area contributed by atoms with E-state index in [2.05, 4.69) is 10.9 Å². The molecule has 0 spiro atoms. The van der Waals surface area contributed by atoms with Crippen LogP contribution in [0.2, 0.25) is 0 Å². The SMILES string of the molecule is C#CCOc1ccc(/C=C2\SC(=Nc3ccc(C(=O)[O-])cc3)N(C)C2=O)cc1. The number of aliphatic imine (C=N–C) groups is 1. The van der Waals surface area contributed by atoms with Gasteiger partial charge in [0.15, 0.2) is 5.17 Å². The second-order valence-corrected chi connectivity index (χ2v) is 6.77. The number of ether oxygens (including phenoxy) is 1. The van der Waals surface area contributed by atoms with Crippen molar-refractivity contribution in [3.63, 3.8) is 0 Å². The monoisotopic (exact) mass is 391 g/mol. The number of benzene rings is 2. The molecule has 3 rings (SSSR count). The molecule has 0 aromatic heterocycles. The lowest BCUT2D eigenvalue weighted by Gasteiger charge is -2.07. The highest BCUT2D eigenvalue weighted by Crippen LogP contribution is 2.33. The van der Waals surface area contributed by atoms with Gasteiger partial charge in [0.2, 0.25) is 0 Å². The number of nitrogens with zero attached hydrogens (tertiary/aromatic N) is 2. The molecule has 1 aliphatic rings. The van der Waals surface area contributed by atoms with Crippen molar-refractivity contribution in [2.45, 2.75) is 0 Å². The third kappa shape index (κ3) is 4.42. The van der Waals surface area contributed by atoms with Crippen molar-refractivity contribution in [3.05, 3.63) is 64.6 Å². The molecular weight excluding hydrogens is 376 g/mol. The Morgan fingerprint density at radius 3 is 2.54 bits per heavy atom. The van der Waals surface area contributed by atoms with E-state index in [4.69, 9.17) is 11.2 Å². The predicted octanol–water partition coefficient (Wildman–Crippen LogP) is 2.30. The number of hydrogen-bond donors (Lipinski definition) is 0. The topological polar surface area (TPSA) is 82.0 Å². The molecule has 0 bridgehead atoms. The Morgan fingerprint density at radius 1 is 1.25 bits per heavy atom. The first-order valence-corrected chi connectivity index (χ1v) is 9.03. The van der Waals surface area contributed by atoms with E-state index in [-0.39, 0.29) is 18.1 Å². The first kappa shape index (κ1) is 19.3. The Labute approximate surface area is 166 Å². The zero-order valence-electron chi connectivity index (χ0n) is 14.9. The molecule has 28 heavy (non-hydrogen) atoms. The van der Waals surface area contributed by atoms with E-state index in [0.29, 0.717) is 21.5 Å². The molecule has 0 radical (unpaired) electrons. The summed E-state index contributed by atoms with van der Waals surface area (Å²) in [6.45, 7) is 0.198. The quantitative estimate of drug-likeness (QED) is 0.577. The molecule has 0 aliphatic carbocycles. The van der Waals surface area contributed by atoms with Crippen molar-refractivity contribution in [1.29, 1.82) is 0 Å². The highest BCUT2D eigenvalue weighted by molar-refractivity contribution is 8.18. The number of hydrogen-bond acceptors (Lipinski definition) is 6. The summed E-state index contributed by atoms with van der Waals surface area (Å²) in [5.41, 5.74) is 1.46. The van der Waals surface area contributed by atoms with Gasteiger partial charge in [-0.2, -0.15) is 0 Å². The van der Waals surface area contributed by atoms with Crippen molar-refractivity contribution in [2.75, 3.05) is 13.7 Å². The summed E-state index contributed by atoms with van der Waals surface area (Å²) in [4.78, 5) is 29.7. The maximum absolute atomic E-state index is 12.5. The minimum atomic E-state index is -1.25. The fourth-order valence-electron chi connectivity index (χ4n) is 2.37. The fraction of sp³-hybridized carbons (Fsp3) is 0.0952. The summed E-state index contributed by atoms with van der Waals surface area (Å²) in [5, 5.41) is 11.3. The Morgan fingerprint density at radius 2 is 1.93 bits per heavy atom. The number of carboxylic acids is 1. The zero-order valence-corrected chi connectivity index (χ0v) is 15.7. The van der Waals surface area contributed by atoms with Gasteiger partial charge in [-0.1, -0.05) is 30.2 Å². The Bertz CT molecular complexity index is 1000. The maximum atomic E-state index is 12.5. The lowest BCUT2D eigenvalue weighted by atomic mass is 10.2. The van der Waals surface area contributed by atoms with Crippen molar-refractivity contribution in [2.24, 2.45) is 4.99 Å². The molecule has 140 valence electrons. The average molecular weight is 391 g/mol. The van der Waals surface area contributed by atoms with Crippen LogP contribution in [-0.2, 0) is 4.79 Å². The van der Waals surface area contributed by atoms with Crippen molar-refractivity contribution < 1.29 is 19.4 Å². The van der Waals surface area contributed by atoms with Crippen LogP contribution in [0, 0.1) is 12.3 Å². The fourth-order valence-corrected chi connectivity index (χ4v) is 3.36. The molecule has 0 saturated carbocycles. The number of carbonyl (C=O) groups is 2. The average Bonchev–Trinajstić information content (AvgIpc) is 2.95. The molecule has 1 aliphatic heterocycles. The van der Waals surface area contributed by atoms with Crippen molar-refractivity contribution in [1.82, 2.24) is 4.90 Å². The first-order valence-electron chi connectivity index (χ1n) is 8.22. The number of rotatable bonds is 5. The number of likely N-dealkylation sites (N-methyl/N-ethyl adjacent to an activating group) is 1. The van der Waals surface area contributed by atoms with Crippen LogP contribution in [0.5, 0.6) is 5.75 Å². The molecule has 1 amide bonds. The molecule has 7 heteroatoms. The Kier molecular flexibility index (Phi) is 5.82. The first-order chi connectivity index (χ1) is 13.5. The predicted molar refractivity (Wildman–Crippen MR) is 107 cm³/mol. The minimum Gasteiger partial charge on any atom is -0.545 e. The minimum absolute atomic E-state index is 0.0720. The summed E-state index contributed by atoms with van der Waals surface area (Å²) in [6, 6.07) is 13.2. The van der Waals surface area contributed by atoms with Gasteiger partial charge in [-0.25, -0.2) is 4.99 Å². The molecular formula is C21H15N2O4S-. The van der Waals surface area contributed by atoms with E-state index in [1.807, 2.05) is 12.1 Å². The van der Waals surface area contributed by atoms with Crippen LogP contribution in [0.3, 0.4) is 0 Å². The van der Waals surface area contributed by atoms with Gasteiger partial charge in [-0.3, -0.25) is 9.69 Å². The highest BCUT2D eigenvalue weighted by Gasteiger charge is 2.30. The molecule has 0 unspecified atom stereocenters. The van der Waals surface area contributed by atoms with Gasteiger partial charge >= 0.3 is 0 Å². The molecule has 0 atom stereocenters. The number of thioether (sulfide) groups is 1. The van der Waals surface area contributed by atoms with Gasteiger partial charge in [0, 0.05) is 7.05 Å². The third-order valence-electron chi connectivity index (χ3n) is 3.83. The van der Waals surface area contributed by atoms with Gasteiger partial charge in [-0.15, -0.1) is 6.42 Å². The number of amidine groups is 1. The Hall–Kier alpha value is -3.50. The molecule has 6 nitrogen and oxygen atoms in total. The van der Waals surface area contributed by atoms with Crippen LogP contribution >= 0.6 is 11.8 Å². The van der Waals surface area contributed by atoms with Crippen molar-refractivity contribution in [3.8, 4) is 18.1 Å². The van der Waals surface area contributed by atoms with E-state index < -0.39 is 5.97 Å².